The summed E-state index contributed by atoms with van der Waals surface area (Å²) in [6.45, 7) is 3.41. The van der Waals surface area contributed by atoms with Crippen molar-refractivity contribution in [2.24, 2.45) is 0 Å². The fraction of sp³-hybridized carbons (Fsp3) is 0.217. The molecule has 0 atom stereocenters. The van der Waals surface area contributed by atoms with Crippen molar-refractivity contribution in [3.63, 3.8) is 0 Å². The molecule has 31 heavy (non-hydrogen) atoms. The number of furan rings is 1. The lowest BCUT2D eigenvalue weighted by Crippen LogP contribution is -2.32. The van der Waals surface area contributed by atoms with E-state index < -0.39 is 15.4 Å². The summed E-state index contributed by atoms with van der Waals surface area (Å²) in [6, 6.07) is 13.3. The topological polar surface area (TPSA) is 102 Å². The van der Waals surface area contributed by atoms with Crippen LogP contribution in [0.3, 0.4) is 0 Å². The van der Waals surface area contributed by atoms with Crippen molar-refractivity contribution in [3.05, 3.63) is 71.3 Å². The van der Waals surface area contributed by atoms with Gasteiger partial charge in [-0.05, 0) is 43.7 Å². The van der Waals surface area contributed by atoms with Crippen LogP contribution >= 0.6 is 0 Å². The molecule has 160 valence electrons. The second-order valence-corrected chi connectivity index (χ2v) is 10.2. The van der Waals surface area contributed by atoms with E-state index in [1.807, 2.05) is 6.07 Å². The zero-order valence-electron chi connectivity index (χ0n) is 17.4. The molecule has 3 aromatic heterocycles. The van der Waals surface area contributed by atoms with E-state index in [0.29, 0.717) is 33.6 Å². The summed E-state index contributed by atoms with van der Waals surface area (Å²) in [5, 5.41) is 10.1. The Hall–Kier alpha value is -3.23. The van der Waals surface area contributed by atoms with E-state index in [9.17, 15) is 18.3 Å². The fourth-order valence-electron chi connectivity index (χ4n) is 3.42. The van der Waals surface area contributed by atoms with Crippen molar-refractivity contribution >= 4 is 20.9 Å². The first-order valence-corrected chi connectivity index (χ1v) is 11.5. The lowest BCUT2D eigenvalue weighted by molar-refractivity contribution is 0.0605. The monoisotopic (exact) mass is 438 g/mol. The molecule has 0 spiro atoms. The third-order valence-electron chi connectivity index (χ3n) is 4.81. The predicted octanol–water partition coefficient (Wildman–Crippen LogP) is 3.50. The van der Waals surface area contributed by atoms with Crippen LogP contribution < -0.4 is 5.56 Å². The first-order chi connectivity index (χ1) is 14.5. The van der Waals surface area contributed by atoms with Gasteiger partial charge in [0.05, 0.1) is 17.0 Å². The lowest BCUT2D eigenvalue weighted by Gasteiger charge is -2.18. The Bertz CT molecular complexity index is 1440. The Labute approximate surface area is 179 Å². The molecule has 0 aliphatic heterocycles. The number of aromatic nitrogens is 2. The summed E-state index contributed by atoms with van der Waals surface area (Å²) in [5.74, 6) is 0.513. The fourth-order valence-corrected chi connectivity index (χ4v) is 4.09. The molecule has 1 N–H and O–H groups in total. The Morgan fingerprint density at radius 1 is 1.10 bits per heavy atom. The van der Waals surface area contributed by atoms with Gasteiger partial charge in [-0.2, -0.15) is 0 Å². The molecule has 0 aliphatic carbocycles. The second kappa shape index (κ2) is 7.47. The van der Waals surface area contributed by atoms with Crippen LogP contribution in [0, 0.1) is 0 Å². The third kappa shape index (κ3) is 4.45. The molecular formula is C23H22N2O5S. The number of pyridine rings is 2. The van der Waals surface area contributed by atoms with E-state index >= 15 is 0 Å². The van der Waals surface area contributed by atoms with Crippen molar-refractivity contribution in [1.29, 1.82) is 0 Å². The number of aliphatic hydroxyl groups is 1. The first kappa shape index (κ1) is 21.0. The van der Waals surface area contributed by atoms with Crippen molar-refractivity contribution in [2.75, 3.05) is 6.26 Å². The van der Waals surface area contributed by atoms with Crippen LogP contribution in [0.1, 0.15) is 13.8 Å². The summed E-state index contributed by atoms with van der Waals surface area (Å²) in [7, 11) is -3.35. The highest BCUT2D eigenvalue weighted by molar-refractivity contribution is 7.90. The molecule has 0 aliphatic rings. The molecule has 0 bridgehead atoms. The molecule has 0 saturated carbocycles. The van der Waals surface area contributed by atoms with Gasteiger partial charge in [-0.1, -0.05) is 12.1 Å². The second-order valence-electron chi connectivity index (χ2n) is 8.18. The highest BCUT2D eigenvalue weighted by Gasteiger charge is 2.17. The minimum atomic E-state index is -3.35. The summed E-state index contributed by atoms with van der Waals surface area (Å²) >= 11 is 0. The average molecular weight is 439 g/mol. The smallest absolute Gasteiger partial charge is 0.250 e. The van der Waals surface area contributed by atoms with Gasteiger partial charge in [0.1, 0.15) is 11.3 Å². The Morgan fingerprint density at radius 3 is 2.58 bits per heavy atom. The molecule has 7 nitrogen and oxygen atoms in total. The zero-order chi connectivity index (χ0) is 22.4. The molecule has 8 heteroatoms. The van der Waals surface area contributed by atoms with Crippen LogP contribution in [-0.2, 0) is 16.4 Å². The molecule has 0 unspecified atom stereocenters. The maximum absolute atomic E-state index is 12.2. The largest absolute Gasteiger partial charge is 0.454 e. The van der Waals surface area contributed by atoms with E-state index in [1.54, 1.807) is 62.6 Å². The molecule has 0 radical (unpaired) electrons. The number of sulfone groups is 1. The van der Waals surface area contributed by atoms with E-state index in [4.69, 9.17) is 4.42 Å². The number of hydrogen-bond donors (Lipinski definition) is 1. The lowest BCUT2D eigenvalue weighted by atomic mass is 10.1. The number of rotatable bonds is 5. The summed E-state index contributed by atoms with van der Waals surface area (Å²) in [6.07, 6.45) is 4.45. The van der Waals surface area contributed by atoms with Crippen LogP contribution in [0.25, 0.3) is 33.6 Å². The van der Waals surface area contributed by atoms with Gasteiger partial charge in [-0.25, -0.2) is 8.42 Å². The van der Waals surface area contributed by atoms with Gasteiger partial charge in [-0.3, -0.25) is 9.78 Å². The summed E-state index contributed by atoms with van der Waals surface area (Å²) in [4.78, 5) is 16.8. The van der Waals surface area contributed by atoms with Crippen LogP contribution in [0.15, 0.2) is 75.0 Å². The highest BCUT2D eigenvalue weighted by Crippen LogP contribution is 2.34. The molecule has 0 amide bonds. The van der Waals surface area contributed by atoms with Crippen molar-refractivity contribution in [2.45, 2.75) is 30.9 Å². The minimum Gasteiger partial charge on any atom is -0.454 e. The van der Waals surface area contributed by atoms with E-state index in [0.717, 1.165) is 0 Å². The van der Waals surface area contributed by atoms with E-state index in [-0.39, 0.29) is 17.0 Å². The molecule has 1 aromatic carbocycles. The number of hydrogen-bond acceptors (Lipinski definition) is 6. The molecular weight excluding hydrogens is 416 g/mol. The van der Waals surface area contributed by atoms with Crippen LogP contribution in [0.4, 0.5) is 0 Å². The SMILES string of the molecule is CC(C)(O)Cn1cc(-c2cc3nccc(-c4cccc(S(C)(=O)=O)c4)c3o2)ccc1=O. The Balaban J connectivity index is 1.83. The van der Waals surface area contributed by atoms with Crippen LogP contribution in [-0.4, -0.2) is 34.9 Å². The minimum absolute atomic E-state index is 0.141. The van der Waals surface area contributed by atoms with Crippen molar-refractivity contribution in [1.82, 2.24) is 9.55 Å². The van der Waals surface area contributed by atoms with Crippen LogP contribution in [0.2, 0.25) is 0 Å². The van der Waals surface area contributed by atoms with Gasteiger partial charge in [0.2, 0.25) is 0 Å². The van der Waals surface area contributed by atoms with Gasteiger partial charge in [0, 0.05) is 41.9 Å². The van der Waals surface area contributed by atoms with Gasteiger partial charge in [0.25, 0.3) is 5.56 Å². The third-order valence-corrected chi connectivity index (χ3v) is 5.92. The van der Waals surface area contributed by atoms with Gasteiger partial charge >= 0.3 is 0 Å². The standard InChI is InChI=1S/C23H22N2O5S/c1-23(2,27)14-25-13-16(7-8-21(25)26)20-12-19-22(30-20)18(9-10-24-19)15-5-4-6-17(11-15)31(3,28)29/h4-13,27H,14H2,1-3H3. The van der Waals surface area contributed by atoms with Crippen molar-refractivity contribution in [3.8, 4) is 22.5 Å². The van der Waals surface area contributed by atoms with Gasteiger partial charge in [0.15, 0.2) is 15.4 Å². The molecule has 4 aromatic rings. The number of benzene rings is 1. The Morgan fingerprint density at radius 2 is 1.87 bits per heavy atom. The normalized spacial score (nSPS) is 12.4. The number of nitrogens with zero attached hydrogens (tertiary/aromatic N) is 2. The molecule has 4 rings (SSSR count). The van der Waals surface area contributed by atoms with Crippen molar-refractivity contribution < 1.29 is 17.9 Å². The molecule has 0 fully saturated rings. The molecule has 3 heterocycles. The van der Waals surface area contributed by atoms with E-state index in [2.05, 4.69) is 4.98 Å². The summed E-state index contributed by atoms with van der Waals surface area (Å²) < 4.78 is 31.4. The number of fused-ring (bicyclic) bond motifs is 1. The quantitative estimate of drug-likeness (QED) is 0.512. The maximum atomic E-state index is 12.2. The average Bonchev–Trinajstić information content (AvgIpc) is 3.12. The van der Waals surface area contributed by atoms with E-state index in [1.165, 1.54) is 16.9 Å². The highest BCUT2D eigenvalue weighted by atomic mass is 32.2. The maximum Gasteiger partial charge on any atom is 0.250 e. The molecule has 0 saturated heterocycles. The van der Waals surface area contributed by atoms with Gasteiger partial charge in [-0.15, -0.1) is 0 Å². The zero-order valence-corrected chi connectivity index (χ0v) is 18.2. The summed E-state index contributed by atoms with van der Waals surface area (Å²) in [5.41, 5.74) is 1.93. The van der Waals surface area contributed by atoms with Gasteiger partial charge < -0.3 is 14.1 Å². The Kier molecular flexibility index (Phi) is 5.07. The predicted molar refractivity (Wildman–Crippen MR) is 119 cm³/mol. The first-order valence-electron chi connectivity index (χ1n) is 9.64. The van der Waals surface area contributed by atoms with Crippen LogP contribution in [0.5, 0.6) is 0 Å².